The Hall–Kier alpha value is -3.05. The number of amides is 1. The van der Waals surface area contributed by atoms with Crippen LogP contribution in [-0.2, 0) is 11.3 Å². The predicted octanol–water partition coefficient (Wildman–Crippen LogP) is 2.67. The number of carbonyl (C=O) groups is 1. The van der Waals surface area contributed by atoms with Gasteiger partial charge in [0.1, 0.15) is 18.8 Å². The van der Waals surface area contributed by atoms with Crippen LogP contribution in [0.1, 0.15) is 25.3 Å². The molecular weight excluding hydrogens is 448 g/mol. The lowest BCUT2D eigenvalue weighted by molar-refractivity contribution is -0.0284. The summed E-state index contributed by atoms with van der Waals surface area (Å²) in [5.74, 6) is 0.449. The molecule has 1 aromatic carbocycles. The van der Waals surface area contributed by atoms with E-state index in [-0.39, 0.29) is 23.8 Å². The number of nitrogens with one attached hydrogen (secondary N) is 2. The van der Waals surface area contributed by atoms with Crippen molar-refractivity contribution in [3.63, 3.8) is 0 Å². The number of aliphatic hydroxyl groups is 1. The molecule has 2 atom stereocenters. The van der Waals surface area contributed by atoms with Crippen molar-refractivity contribution >= 4 is 12.0 Å². The SMILES string of the molecule is C[C@H](CNc1ncc(OCC(O)C(F)F)cn1)NC(=O)OC1CCN(Cc2ccccc2)CC1. The van der Waals surface area contributed by atoms with Gasteiger partial charge in [0.15, 0.2) is 5.75 Å². The first-order valence-corrected chi connectivity index (χ1v) is 11.3. The summed E-state index contributed by atoms with van der Waals surface area (Å²) in [6, 6.07) is 10.1. The number of halogens is 2. The number of ether oxygens (including phenoxy) is 2. The fourth-order valence-corrected chi connectivity index (χ4v) is 3.45. The number of alkyl halides is 2. The normalized spacial score (nSPS) is 16.6. The number of benzene rings is 1. The first-order valence-electron chi connectivity index (χ1n) is 11.3. The Morgan fingerprint density at radius 3 is 2.53 bits per heavy atom. The molecule has 0 radical (unpaired) electrons. The van der Waals surface area contributed by atoms with Gasteiger partial charge < -0.3 is 25.2 Å². The van der Waals surface area contributed by atoms with Crippen LogP contribution in [0.2, 0.25) is 0 Å². The summed E-state index contributed by atoms with van der Waals surface area (Å²) in [6.45, 7) is 4.28. The lowest BCUT2D eigenvalue weighted by atomic mass is 10.1. The van der Waals surface area contributed by atoms with Gasteiger partial charge in [-0.2, -0.15) is 0 Å². The molecule has 0 saturated carbocycles. The lowest BCUT2D eigenvalue weighted by Gasteiger charge is -2.31. The minimum atomic E-state index is -2.88. The third kappa shape index (κ3) is 8.71. The molecule has 0 spiro atoms. The molecule has 186 valence electrons. The molecule has 1 saturated heterocycles. The van der Waals surface area contributed by atoms with Gasteiger partial charge in [0.2, 0.25) is 5.95 Å². The lowest BCUT2D eigenvalue weighted by Crippen LogP contribution is -2.42. The molecule has 2 heterocycles. The first kappa shape index (κ1) is 25.6. The second-order valence-corrected chi connectivity index (χ2v) is 8.25. The van der Waals surface area contributed by atoms with Crippen LogP contribution in [-0.4, -0.2) is 77.0 Å². The van der Waals surface area contributed by atoms with Gasteiger partial charge >= 0.3 is 6.09 Å². The van der Waals surface area contributed by atoms with Gasteiger partial charge in [0, 0.05) is 32.2 Å². The number of piperidine rings is 1. The molecule has 1 fully saturated rings. The maximum absolute atomic E-state index is 12.3. The molecule has 1 amide bonds. The molecule has 0 aliphatic carbocycles. The average molecular weight is 480 g/mol. The molecule has 34 heavy (non-hydrogen) atoms. The summed E-state index contributed by atoms with van der Waals surface area (Å²) < 4.78 is 35.1. The molecule has 3 N–H and O–H groups in total. The summed E-state index contributed by atoms with van der Waals surface area (Å²) in [4.78, 5) is 22.6. The van der Waals surface area contributed by atoms with Crippen molar-refractivity contribution in [1.82, 2.24) is 20.2 Å². The number of anilines is 1. The summed E-state index contributed by atoms with van der Waals surface area (Å²) in [6.07, 6.45) is -1.10. The topological polar surface area (TPSA) is 109 Å². The Bertz CT molecular complexity index is 867. The van der Waals surface area contributed by atoms with Crippen molar-refractivity contribution in [2.45, 2.75) is 51.0 Å². The molecular formula is C23H31F2N5O4. The fourth-order valence-electron chi connectivity index (χ4n) is 3.45. The molecule has 2 aromatic rings. The molecule has 1 unspecified atom stereocenters. The maximum atomic E-state index is 12.3. The molecule has 1 aliphatic rings. The Morgan fingerprint density at radius 1 is 1.21 bits per heavy atom. The Morgan fingerprint density at radius 2 is 1.88 bits per heavy atom. The summed E-state index contributed by atoms with van der Waals surface area (Å²) in [5.41, 5.74) is 1.28. The minimum absolute atomic E-state index is 0.105. The second kappa shape index (κ2) is 13.0. The number of carbonyl (C=O) groups excluding carboxylic acids is 1. The predicted molar refractivity (Wildman–Crippen MR) is 122 cm³/mol. The fraction of sp³-hybridized carbons (Fsp3) is 0.522. The van der Waals surface area contributed by atoms with Crippen molar-refractivity contribution in [3.05, 3.63) is 48.3 Å². The highest BCUT2D eigenvalue weighted by atomic mass is 19.3. The van der Waals surface area contributed by atoms with E-state index in [1.807, 2.05) is 25.1 Å². The van der Waals surface area contributed by atoms with Gasteiger partial charge in [-0.1, -0.05) is 30.3 Å². The molecule has 3 rings (SSSR count). The van der Waals surface area contributed by atoms with Crippen molar-refractivity contribution in [2.24, 2.45) is 0 Å². The third-order valence-electron chi connectivity index (χ3n) is 5.33. The number of hydrogen-bond acceptors (Lipinski definition) is 8. The number of aromatic nitrogens is 2. The maximum Gasteiger partial charge on any atom is 0.407 e. The van der Waals surface area contributed by atoms with E-state index in [2.05, 4.69) is 37.6 Å². The van der Waals surface area contributed by atoms with Gasteiger partial charge in [-0.25, -0.2) is 23.5 Å². The van der Waals surface area contributed by atoms with Crippen LogP contribution < -0.4 is 15.4 Å². The highest BCUT2D eigenvalue weighted by molar-refractivity contribution is 5.67. The van der Waals surface area contributed by atoms with Crippen molar-refractivity contribution < 1.29 is 28.2 Å². The van der Waals surface area contributed by atoms with Crippen LogP contribution in [0, 0.1) is 0 Å². The van der Waals surface area contributed by atoms with E-state index < -0.39 is 25.2 Å². The summed E-state index contributed by atoms with van der Waals surface area (Å²) in [5, 5.41) is 14.8. The Kier molecular flexibility index (Phi) is 9.77. The molecule has 1 aliphatic heterocycles. The average Bonchev–Trinajstić information content (AvgIpc) is 2.83. The number of likely N-dealkylation sites (tertiary alicyclic amines) is 1. The number of alkyl carbamates (subject to hydrolysis) is 1. The van der Waals surface area contributed by atoms with Crippen LogP contribution in [0.3, 0.4) is 0 Å². The van der Waals surface area contributed by atoms with Gasteiger partial charge in [0.05, 0.1) is 12.4 Å². The number of hydrogen-bond donors (Lipinski definition) is 3. The zero-order valence-electron chi connectivity index (χ0n) is 19.1. The monoisotopic (exact) mass is 479 g/mol. The van der Waals surface area contributed by atoms with Gasteiger partial charge in [-0.05, 0) is 25.3 Å². The zero-order chi connectivity index (χ0) is 24.3. The van der Waals surface area contributed by atoms with Crippen LogP contribution in [0.25, 0.3) is 0 Å². The minimum Gasteiger partial charge on any atom is -0.487 e. The largest absolute Gasteiger partial charge is 0.487 e. The Labute approximate surface area is 197 Å². The third-order valence-corrected chi connectivity index (χ3v) is 5.33. The van der Waals surface area contributed by atoms with Gasteiger partial charge in [-0.15, -0.1) is 0 Å². The summed E-state index contributed by atoms with van der Waals surface area (Å²) in [7, 11) is 0. The van der Waals surface area contributed by atoms with Crippen LogP contribution >= 0.6 is 0 Å². The van der Waals surface area contributed by atoms with Crippen LogP contribution in [0.4, 0.5) is 19.5 Å². The number of aliphatic hydroxyl groups excluding tert-OH is 1. The van der Waals surface area contributed by atoms with E-state index in [0.717, 1.165) is 32.5 Å². The highest BCUT2D eigenvalue weighted by Crippen LogP contribution is 2.16. The van der Waals surface area contributed by atoms with E-state index in [4.69, 9.17) is 14.6 Å². The second-order valence-electron chi connectivity index (χ2n) is 8.25. The Balaban J connectivity index is 1.30. The van der Waals surface area contributed by atoms with E-state index >= 15 is 0 Å². The highest BCUT2D eigenvalue weighted by Gasteiger charge is 2.23. The van der Waals surface area contributed by atoms with E-state index in [0.29, 0.717) is 6.54 Å². The van der Waals surface area contributed by atoms with Crippen molar-refractivity contribution in [1.29, 1.82) is 0 Å². The van der Waals surface area contributed by atoms with E-state index in [1.165, 1.54) is 18.0 Å². The first-order chi connectivity index (χ1) is 16.4. The van der Waals surface area contributed by atoms with E-state index in [9.17, 15) is 13.6 Å². The standard InChI is InChI=1S/C23H31F2N5O4/c1-16(11-26-22-27-12-19(13-28-22)33-15-20(31)21(24)25)29-23(32)34-18-7-9-30(10-8-18)14-17-5-3-2-4-6-17/h2-6,12-13,16,18,20-21,31H,7-11,14-15H2,1H3,(H,29,32)(H,26,27,28)/t16-,20?/m1/s1. The smallest absolute Gasteiger partial charge is 0.407 e. The molecule has 1 aromatic heterocycles. The number of nitrogens with zero attached hydrogens (tertiary/aromatic N) is 3. The zero-order valence-corrected chi connectivity index (χ0v) is 19.1. The number of rotatable bonds is 11. The van der Waals surface area contributed by atoms with Crippen LogP contribution in [0.15, 0.2) is 42.7 Å². The molecule has 9 nitrogen and oxygen atoms in total. The van der Waals surface area contributed by atoms with Crippen molar-refractivity contribution in [3.8, 4) is 5.75 Å². The van der Waals surface area contributed by atoms with Crippen molar-refractivity contribution in [2.75, 3.05) is 31.6 Å². The van der Waals surface area contributed by atoms with Crippen LogP contribution in [0.5, 0.6) is 5.75 Å². The molecule has 0 bridgehead atoms. The quantitative estimate of drug-likeness (QED) is 0.452. The van der Waals surface area contributed by atoms with E-state index in [1.54, 1.807) is 0 Å². The van der Waals surface area contributed by atoms with Gasteiger partial charge in [-0.3, -0.25) is 4.90 Å². The molecule has 11 heteroatoms. The summed E-state index contributed by atoms with van der Waals surface area (Å²) >= 11 is 0. The van der Waals surface area contributed by atoms with Gasteiger partial charge in [0.25, 0.3) is 6.43 Å².